The SMILES string of the molecule is Cc1cc(C#N)ccc1S(=O)(=O)N1CCCC(CCN)C1. The number of hydrogen-bond donors (Lipinski definition) is 1. The van der Waals surface area contributed by atoms with Crippen molar-refractivity contribution in [1.29, 1.82) is 5.26 Å². The summed E-state index contributed by atoms with van der Waals surface area (Å²) in [5, 5.41) is 8.88. The minimum absolute atomic E-state index is 0.301. The Morgan fingerprint density at radius 2 is 2.24 bits per heavy atom. The first-order chi connectivity index (χ1) is 9.98. The molecule has 1 heterocycles. The zero-order chi connectivity index (χ0) is 15.5. The normalized spacial score (nSPS) is 20.1. The molecule has 0 radical (unpaired) electrons. The van der Waals surface area contributed by atoms with E-state index in [2.05, 4.69) is 0 Å². The van der Waals surface area contributed by atoms with Crippen molar-refractivity contribution in [2.75, 3.05) is 19.6 Å². The lowest BCUT2D eigenvalue weighted by atomic mass is 9.96. The number of nitrogens with two attached hydrogens (primary N) is 1. The largest absolute Gasteiger partial charge is 0.330 e. The van der Waals surface area contributed by atoms with Crippen molar-refractivity contribution < 1.29 is 8.42 Å². The Morgan fingerprint density at radius 3 is 2.86 bits per heavy atom. The predicted molar refractivity (Wildman–Crippen MR) is 81.0 cm³/mol. The Bertz CT molecular complexity index is 647. The zero-order valence-corrected chi connectivity index (χ0v) is 13.1. The summed E-state index contributed by atoms with van der Waals surface area (Å²) < 4.78 is 27.1. The molecule has 21 heavy (non-hydrogen) atoms. The Kier molecular flexibility index (Phi) is 4.99. The highest BCUT2D eigenvalue weighted by atomic mass is 32.2. The summed E-state index contributed by atoms with van der Waals surface area (Å²) in [6.45, 7) is 3.42. The first-order valence-corrected chi connectivity index (χ1v) is 8.64. The van der Waals surface area contributed by atoms with Crippen molar-refractivity contribution >= 4 is 10.0 Å². The maximum Gasteiger partial charge on any atom is 0.243 e. The number of piperidine rings is 1. The number of sulfonamides is 1. The van der Waals surface area contributed by atoms with Gasteiger partial charge in [0.05, 0.1) is 16.5 Å². The third-order valence-electron chi connectivity index (χ3n) is 3.98. The van der Waals surface area contributed by atoms with Crippen LogP contribution in [-0.4, -0.2) is 32.4 Å². The molecule has 1 aliphatic heterocycles. The molecule has 2 N–H and O–H groups in total. The fourth-order valence-electron chi connectivity index (χ4n) is 2.86. The smallest absolute Gasteiger partial charge is 0.243 e. The van der Waals surface area contributed by atoms with Gasteiger partial charge in [0.25, 0.3) is 0 Å². The Hall–Kier alpha value is -1.42. The average Bonchev–Trinajstić information content (AvgIpc) is 2.47. The number of hydrogen-bond acceptors (Lipinski definition) is 4. The van der Waals surface area contributed by atoms with E-state index in [0.29, 0.717) is 41.6 Å². The van der Waals surface area contributed by atoms with Crippen LogP contribution in [-0.2, 0) is 10.0 Å². The molecule has 0 bridgehead atoms. The standard InChI is InChI=1S/C15H21N3O2S/c1-12-9-14(10-17)4-5-15(12)21(19,20)18-8-2-3-13(11-18)6-7-16/h4-5,9,13H,2-3,6-8,11,16H2,1H3. The summed E-state index contributed by atoms with van der Waals surface area (Å²) in [5.41, 5.74) is 6.68. The van der Waals surface area contributed by atoms with Crippen molar-refractivity contribution in [2.45, 2.75) is 31.1 Å². The van der Waals surface area contributed by atoms with E-state index in [-0.39, 0.29) is 0 Å². The van der Waals surface area contributed by atoms with Gasteiger partial charge in [-0.2, -0.15) is 9.57 Å². The van der Waals surface area contributed by atoms with Crippen molar-refractivity contribution in [3.8, 4) is 6.07 Å². The van der Waals surface area contributed by atoms with Gasteiger partial charge >= 0.3 is 0 Å². The fourth-order valence-corrected chi connectivity index (χ4v) is 4.62. The molecule has 0 amide bonds. The summed E-state index contributed by atoms with van der Waals surface area (Å²) >= 11 is 0. The molecule has 1 aliphatic rings. The summed E-state index contributed by atoms with van der Waals surface area (Å²) in [5.74, 6) is 0.345. The van der Waals surface area contributed by atoms with Crippen LogP contribution in [0.1, 0.15) is 30.4 Å². The lowest BCUT2D eigenvalue weighted by Gasteiger charge is -2.32. The van der Waals surface area contributed by atoms with Crippen molar-refractivity contribution in [3.05, 3.63) is 29.3 Å². The van der Waals surface area contributed by atoms with Crippen LogP contribution >= 0.6 is 0 Å². The molecule has 1 fully saturated rings. The molecule has 2 rings (SSSR count). The summed E-state index contributed by atoms with van der Waals surface area (Å²) in [4.78, 5) is 0.301. The van der Waals surface area contributed by atoms with E-state index in [1.165, 1.54) is 6.07 Å². The molecular formula is C15H21N3O2S. The topological polar surface area (TPSA) is 87.2 Å². The van der Waals surface area contributed by atoms with Crippen LogP contribution < -0.4 is 5.73 Å². The van der Waals surface area contributed by atoms with Gasteiger partial charge in [0.1, 0.15) is 0 Å². The minimum atomic E-state index is -3.49. The second-order valence-corrected chi connectivity index (χ2v) is 7.45. The quantitative estimate of drug-likeness (QED) is 0.915. The second kappa shape index (κ2) is 6.56. The van der Waals surface area contributed by atoms with E-state index in [4.69, 9.17) is 11.0 Å². The van der Waals surface area contributed by atoms with Crippen LogP contribution in [0.25, 0.3) is 0 Å². The Labute approximate surface area is 126 Å². The van der Waals surface area contributed by atoms with Crippen LogP contribution in [0, 0.1) is 24.2 Å². The van der Waals surface area contributed by atoms with E-state index in [9.17, 15) is 8.42 Å². The first kappa shape index (κ1) is 16.0. The van der Waals surface area contributed by atoms with Gasteiger partial charge in [0.15, 0.2) is 0 Å². The summed E-state index contributed by atoms with van der Waals surface area (Å²) in [6.07, 6.45) is 2.77. The monoisotopic (exact) mass is 307 g/mol. The second-order valence-electron chi connectivity index (χ2n) is 5.54. The minimum Gasteiger partial charge on any atom is -0.330 e. The van der Waals surface area contributed by atoms with Crippen molar-refractivity contribution in [2.24, 2.45) is 11.7 Å². The molecule has 6 heteroatoms. The number of aryl methyl sites for hydroxylation is 1. The third-order valence-corrected chi connectivity index (χ3v) is 6.00. The van der Waals surface area contributed by atoms with Gasteiger partial charge in [0.2, 0.25) is 10.0 Å². The number of rotatable bonds is 4. The van der Waals surface area contributed by atoms with E-state index >= 15 is 0 Å². The van der Waals surface area contributed by atoms with Crippen molar-refractivity contribution in [3.63, 3.8) is 0 Å². The fraction of sp³-hybridized carbons (Fsp3) is 0.533. The molecule has 0 aliphatic carbocycles. The van der Waals surface area contributed by atoms with Crippen LogP contribution in [0.5, 0.6) is 0 Å². The lowest BCUT2D eigenvalue weighted by molar-refractivity contribution is 0.258. The average molecular weight is 307 g/mol. The molecule has 1 aromatic carbocycles. The molecule has 0 saturated carbocycles. The van der Waals surface area contributed by atoms with E-state index in [1.807, 2.05) is 6.07 Å². The van der Waals surface area contributed by atoms with Crippen molar-refractivity contribution in [1.82, 2.24) is 4.31 Å². The van der Waals surface area contributed by atoms with Crippen LogP contribution in [0.4, 0.5) is 0 Å². The van der Waals surface area contributed by atoms with E-state index in [1.54, 1.807) is 23.4 Å². The maximum atomic E-state index is 12.8. The lowest BCUT2D eigenvalue weighted by Crippen LogP contribution is -2.40. The van der Waals surface area contributed by atoms with Gasteiger partial charge in [-0.1, -0.05) is 0 Å². The van der Waals surface area contributed by atoms with Crippen LogP contribution in [0.15, 0.2) is 23.1 Å². The van der Waals surface area contributed by atoms with Crippen LogP contribution in [0.2, 0.25) is 0 Å². The highest BCUT2D eigenvalue weighted by molar-refractivity contribution is 7.89. The van der Waals surface area contributed by atoms with Gasteiger partial charge in [-0.3, -0.25) is 0 Å². The van der Waals surface area contributed by atoms with Gasteiger partial charge in [-0.15, -0.1) is 0 Å². The predicted octanol–water partition coefficient (Wildman–Crippen LogP) is 1.62. The first-order valence-electron chi connectivity index (χ1n) is 7.20. The Balaban J connectivity index is 2.27. The zero-order valence-electron chi connectivity index (χ0n) is 12.2. The maximum absolute atomic E-state index is 12.8. The Morgan fingerprint density at radius 1 is 1.48 bits per heavy atom. The van der Waals surface area contributed by atoms with Gasteiger partial charge < -0.3 is 5.73 Å². The van der Waals surface area contributed by atoms with Crippen LogP contribution in [0.3, 0.4) is 0 Å². The number of nitrogens with zero attached hydrogens (tertiary/aromatic N) is 2. The molecule has 1 unspecified atom stereocenters. The molecule has 5 nitrogen and oxygen atoms in total. The third kappa shape index (κ3) is 3.43. The molecule has 0 spiro atoms. The highest BCUT2D eigenvalue weighted by Gasteiger charge is 2.30. The van der Waals surface area contributed by atoms with Gasteiger partial charge in [0, 0.05) is 13.1 Å². The molecule has 1 atom stereocenters. The highest BCUT2D eigenvalue weighted by Crippen LogP contribution is 2.27. The molecule has 0 aromatic heterocycles. The van der Waals surface area contributed by atoms with Gasteiger partial charge in [-0.25, -0.2) is 8.42 Å². The number of benzene rings is 1. The van der Waals surface area contributed by atoms with Gasteiger partial charge in [-0.05, 0) is 62.4 Å². The number of nitriles is 1. The molecular weight excluding hydrogens is 286 g/mol. The molecule has 114 valence electrons. The van der Waals surface area contributed by atoms with E-state index < -0.39 is 10.0 Å². The van der Waals surface area contributed by atoms with E-state index in [0.717, 1.165) is 19.3 Å². The summed E-state index contributed by atoms with van der Waals surface area (Å²) in [6, 6.07) is 6.74. The molecule has 1 aromatic rings. The molecule has 1 saturated heterocycles. The summed E-state index contributed by atoms with van der Waals surface area (Å²) in [7, 11) is -3.49.